The molecule has 3 fully saturated rings. The van der Waals surface area contributed by atoms with Gasteiger partial charge in [-0.1, -0.05) is 23.7 Å². The number of amides is 4. The van der Waals surface area contributed by atoms with Crippen LogP contribution in [0.1, 0.15) is 24.3 Å². The van der Waals surface area contributed by atoms with Crippen molar-refractivity contribution in [3.63, 3.8) is 0 Å². The summed E-state index contributed by atoms with van der Waals surface area (Å²) in [4.78, 5) is 37.6. The number of nitrogens with one attached hydrogen (secondary N) is 2. The van der Waals surface area contributed by atoms with E-state index in [9.17, 15) is 14.4 Å². The first-order chi connectivity index (χ1) is 11.0. The van der Waals surface area contributed by atoms with Gasteiger partial charge >= 0.3 is 6.03 Å². The van der Waals surface area contributed by atoms with E-state index in [4.69, 9.17) is 11.6 Å². The molecule has 2 heterocycles. The van der Waals surface area contributed by atoms with Gasteiger partial charge in [-0.25, -0.2) is 4.79 Å². The number of hydrogen-bond acceptors (Lipinski definition) is 3. The Labute approximate surface area is 138 Å². The highest BCUT2D eigenvalue weighted by molar-refractivity contribution is 6.30. The summed E-state index contributed by atoms with van der Waals surface area (Å²) in [7, 11) is 0. The number of rotatable bonds is 2. The number of nitrogens with zero attached hydrogens (tertiary/aromatic N) is 1. The molecule has 2 aliphatic heterocycles. The zero-order valence-electron chi connectivity index (χ0n) is 12.3. The molecule has 3 atom stereocenters. The molecule has 1 spiro atoms. The van der Waals surface area contributed by atoms with E-state index in [2.05, 4.69) is 10.6 Å². The zero-order chi connectivity index (χ0) is 16.2. The van der Waals surface area contributed by atoms with Crippen LogP contribution in [-0.4, -0.2) is 41.4 Å². The molecule has 6 nitrogen and oxygen atoms in total. The van der Waals surface area contributed by atoms with Gasteiger partial charge in [0.15, 0.2) is 0 Å². The molecular weight excluding hydrogens is 318 g/mol. The van der Waals surface area contributed by atoms with Crippen LogP contribution in [0.4, 0.5) is 4.79 Å². The zero-order valence-corrected chi connectivity index (χ0v) is 13.1. The van der Waals surface area contributed by atoms with Gasteiger partial charge in [-0.15, -0.1) is 0 Å². The molecule has 7 heteroatoms. The lowest BCUT2D eigenvalue weighted by Gasteiger charge is -2.21. The monoisotopic (exact) mass is 333 g/mol. The van der Waals surface area contributed by atoms with E-state index in [0.29, 0.717) is 18.0 Å². The van der Waals surface area contributed by atoms with Crippen molar-refractivity contribution in [3.8, 4) is 0 Å². The van der Waals surface area contributed by atoms with Crippen LogP contribution < -0.4 is 10.6 Å². The number of halogens is 1. The van der Waals surface area contributed by atoms with Crippen molar-refractivity contribution < 1.29 is 14.4 Å². The van der Waals surface area contributed by atoms with Gasteiger partial charge in [0, 0.05) is 17.5 Å². The van der Waals surface area contributed by atoms with E-state index in [-0.39, 0.29) is 30.2 Å². The molecule has 3 aliphatic rings. The fourth-order valence-corrected chi connectivity index (χ4v) is 3.82. The van der Waals surface area contributed by atoms with E-state index < -0.39 is 11.6 Å². The van der Waals surface area contributed by atoms with Crippen molar-refractivity contribution in [3.05, 3.63) is 34.9 Å². The van der Waals surface area contributed by atoms with E-state index >= 15 is 0 Å². The highest BCUT2D eigenvalue weighted by Gasteiger charge is 2.54. The lowest BCUT2D eigenvalue weighted by atomic mass is 9.99. The molecule has 4 rings (SSSR count). The molecular formula is C16H16ClN3O3. The van der Waals surface area contributed by atoms with Gasteiger partial charge in [0.2, 0.25) is 5.91 Å². The van der Waals surface area contributed by atoms with Crippen molar-refractivity contribution in [1.82, 2.24) is 15.5 Å². The van der Waals surface area contributed by atoms with Crippen molar-refractivity contribution in [2.24, 2.45) is 5.92 Å². The SMILES string of the molecule is O=C1NC(=O)[C@]2(CCN(C(=O)[C@H]3C[C@@H]3c3cccc(Cl)c3)C2)N1. The molecule has 0 unspecified atom stereocenters. The first-order valence-electron chi connectivity index (χ1n) is 7.66. The smallest absolute Gasteiger partial charge is 0.322 e. The van der Waals surface area contributed by atoms with Gasteiger partial charge in [0.1, 0.15) is 5.54 Å². The van der Waals surface area contributed by atoms with Crippen LogP contribution in [0.2, 0.25) is 5.02 Å². The van der Waals surface area contributed by atoms with Crippen LogP contribution in [0.25, 0.3) is 0 Å². The number of likely N-dealkylation sites (tertiary alicyclic amines) is 1. The maximum Gasteiger partial charge on any atom is 0.322 e. The van der Waals surface area contributed by atoms with Crippen LogP contribution in [0, 0.1) is 5.92 Å². The summed E-state index contributed by atoms with van der Waals surface area (Å²) in [5, 5.41) is 5.59. The molecule has 0 bridgehead atoms. The molecule has 1 saturated carbocycles. The Hall–Kier alpha value is -2.08. The van der Waals surface area contributed by atoms with Crippen LogP contribution in [0.3, 0.4) is 0 Å². The third-order valence-electron chi connectivity index (χ3n) is 4.98. The Kier molecular flexibility index (Phi) is 3.13. The molecule has 1 aromatic carbocycles. The Morgan fingerprint density at radius 1 is 1.35 bits per heavy atom. The maximum absolute atomic E-state index is 12.7. The highest BCUT2D eigenvalue weighted by Crippen LogP contribution is 2.49. The Bertz CT molecular complexity index is 722. The Morgan fingerprint density at radius 2 is 2.17 bits per heavy atom. The fourth-order valence-electron chi connectivity index (χ4n) is 3.62. The van der Waals surface area contributed by atoms with Gasteiger partial charge < -0.3 is 10.2 Å². The summed E-state index contributed by atoms with van der Waals surface area (Å²) >= 11 is 6.00. The van der Waals surface area contributed by atoms with Crippen LogP contribution in [-0.2, 0) is 9.59 Å². The number of hydrogen-bond donors (Lipinski definition) is 2. The summed E-state index contributed by atoms with van der Waals surface area (Å²) in [6, 6.07) is 7.11. The van der Waals surface area contributed by atoms with Crippen molar-refractivity contribution >= 4 is 29.4 Å². The third-order valence-corrected chi connectivity index (χ3v) is 5.22. The summed E-state index contributed by atoms with van der Waals surface area (Å²) in [6.07, 6.45) is 1.27. The van der Waals surface area contributed by atoms with Crippen LogP contribution >= 0.6 is 11.6 Å². The number of carbonyl (C=O) groups is 3. The first kappa shape index (κ1) is 14.5. The van der Waals surface area contributed by atoms with Gasteiger partial charge in [-0.3, -0.25) is 14.9 Å². The molecule has 1 aliphatic carbocycles. The maximum atomic E-state index is 12.7. The van der Waals surface area contributed by atoms with Gasteiger partial charge in [0.25, 0.3) is 5.91 Å². The van der Waals surface area contributed by atoms with Crippen LogP contribution in [0.5, 0.6) is 0 Å². The summed E-state index contributed by atoms with van der Waals surface area (Å²) in [5.74, 6) is -0.130. The Balaban J connectivity index is 1.44. The second-order valence-electron chi connectivity index (χ2n) is 6.50. The third kappa shape index (κ3) is 2.37. The number of imide groups is 1. The lowest BCUT2D eigenvalue weighted by molar-refractivity contribution is -0.132. The minimum absolute atomic E-state index is 0.0521. The second kappa shape index (κ2) is 4.96. The van der Waals surface area contributed by atoms with Crippen molar-refractivity contribution in [1.29, 1.82) is 0 Å². The van der Waals surface area contributed by atoms with E-state index in [1.165, 1.54) is 0 Å². The molecule has 0 radical (unpaired) electrons. The molecule has 1 aromatic rings. The van der Waals surface area contributed by atoms with Gasteiger partial charge in [-0.05, 0) is 36.5 Å². The number of urea groups is 1. The van der Waals surface area contributed by atoms with Gasteiger partial charge in [0.05, 0.1) is 6.54 Å². The molecule has 2 saturated heterocycles. The fraction of sp³-hybridized carbons (Fsp3) is 0.438. The molecule has 4 amide bonds. The number of benzene rings is 1. The average molecular weight is 334 g/mol. The largest absolute Gasteiger partial charge is 0.339 e. The summed E-state index contributed by atoms with van der Waals surface area (Å²) < 4.78 is 0. The van der Waals surface area contributed by atoms with Crippen LogP contribution in [0.15, 0.2) is 24.3 Å². The van der Waals surface area contributed by atoms with E-state index in [1.54, 1.807) is 4.90 Å². The first-order valence-corrected chi connectivity index (χ1v) is 8.04. The topological polar surface area (TPSA) is 78.5 Å². The molecule has 23 heavy (non-hydrogen) atoms. The average Bonchev–Trinajstić information content (AvgIpc) is 3.12. The minimum Gasteiger partial charge on any atom is -0.339 e. The molecule has 2 N–H and O–H groups in total. The predicted octanol–water partition coefficient (Wildman–Crippen LogP) is 1.25. The number of carbonyl (C=O) groups excluding carboxylic acids is 3. The minimum atomic E-state index is -0.937. The quantitative estimate of drug-likeness (QED) is 0.800. The summed E-state index contributed by atoms with van der Waals surface area (Å²) in [5.41, 5.74) is 0.143. The standard InChI is InChI=1S/C16H16ClN3O3/c17-10-3-1-2-9(6-10)11-7-12(11)13(21)20-5-4-16(8-20)14(22)18-15(23)19-16/h1-3,6,11-12H,4-5,7-8H2,(H2,18,19,22,23)/t11-,12+,16-/m1/s1. The van der Waals surface area contributed by atoms with Crippen molar-refractivity contribution in [2.75, 3.05) is 13.1 Å². The van der Waals surface area contributed by atoms with Crippen molar-refractivity contribution in [2.45, 2.75) is 24.3 Å². The normalized spacial score (nSPS) is 32.1. The highest BCUT2D eigenvalue weighted by atomic mass is 35.5. The molecule has 120 valence electrons. The summed E-state index contributed by atoms with van der Waals surface area (Å²) in [6.45, 7) is 0.744. The predicted molar refractivity (Wildman–Crippen MR) is 82.9 cm³/mol. The Morgan fingerprint density at radius 3 is 2.87 bits per heavy atom. The molecule has 0 aromatic heterocycles. The van der Waals surface area contributed by atoms with E-state index in [1.807, 2.05) is 24.3 Å². The second-order valence-corrected chi connectivity index (χ2v) is 6.94. The van der Waals surface area contributed by atoms with E-state index in [0.717, 1.165) is 12.0 Å². The lowest BCUT2D eigenvalue weighted by Crippen LogP contribution is -2.49. The van der Waals surface area contributed by atoms with Gasteiger partial charge in [-0.2, -0.15) is 0 Å².